The lowest BCUT2D eigenvalue weighted by Crippen LogP contribution is -1.91. The van der Waals surface area contributed by atoms with Crippen molar-refractivity contribution in [3.63, 3.8) is 0 Å². The van der Waals surface area contributed by atoms with Crippen LogP contribution in [0.25, 0.3) is 10.2 Å². The van der Waals surface area contributed by atoms with Crippen LogP contribution in [-0.4, -0.2) is 4.98 Å². The first-order valence-electron chi connectivity index (χ1n) is 3.98. The number of hydrogen-bond acceptors (Lipinski definition) is 3. The van der Waals surface area contributed by atoms with Gasteiger partial charge in [-0.1, -0.05) is 0 Å². The number of aryl methyl sites for hydroxylation is 2. The van der Waals surface area contributed by atoms with Crippen molar-refractivity contribution in [1.29, 1.82) is 5.26 Å². The number of rotatable bonds is 0. The fourth-order valence-electron chi connectivity index (χ4n) is 1.45. The minimum Gasteiger partial charge on any atom is -0.241 e. The lowest BCUT2D eigenvalue weighted by atomic mass is 10.1. The van der Waals surface area contributed by atoms with E-state index in [-0.39, 0.29) is 0 Å². The van der Waals surface area contributed by atoms with Crippen molar-refractivity contribution in [1.82, 2.24) is 4.98 Å². The molecule has 0 N–H and O–H groups in total. The van der Waals surface area contributed by atoms with Crippen molar-refractivity contribution in [3.8, 4) is 6.07 Å². The van der Waals surface area contributed by atoms with E-state index in [4.69, 9.17) is 5.26 Å². The number of aromatic nitrogens is 1. The predicted molar refractivity (Wildman–Crippen MR) is 53.8 cm³/mol. The van der Waals surface area contributed by atoms with Gasteiger partial charge in [0.25, 0.3) is 0 Å². The zero-order chi connectivity index (χ0) is 9.42. The molecule has 0 radical (unpaired) electrons. The van der Waals surface area contributed by atoms with Gasteiger partial charge in [-0.15, -0.1) is 11.3 Å². The molecule has 64 valence electrons. The Balaban J connectivity index is 2.95. The van der Waals surface area contributed by atoms with E-state index in [0.29, 0.717) is 5.56 Å². The van der Waals surface area contributed by atoms with Crippen LogP contribution in [0.2, 0.25) is 0 Å². The summed E-state index contributed by atoms with van der Waals surface area (Å²) < 4.78 is 0. The molecule has 2 aromatic rings. The van der Waals surface area contributed by atoms with E-state index in [1.807, 2.05) is 25.3 Å². The Bertz CT molecular complexity index is 505. The molecule has 2 aromatic heterocycles. The van der Waals surface area contributed by atoms with Crippen LogP contribution in [0.4, 0.5) is 0 Å². The van der Waals surface area contributed by atoms with Gasteiger partial charge in [0.1, 0.15) is 10.9 Å². The van der Waals surface area contributed by atoms with Crippen LogP contribution in [0.5, 0.6) is 0 Å². The number of nitriles is 1. The number of fused-ring (bicyclic) bond motifs is 1. The van der Waals surface area contributed by atoms with Gasteiger partial charge in [-0.2, -0.15) is 5.26 Å². The van der Waals surface area contributed by atoms with Crippen molar-refractivity contribution >= 4 is 21.6 Å². The highest BCUT2D eigenvalue weighted by Crippen LogP contribution is 2.25. The molecule has 0 saturated heterocycles. The van der Waals surface area contributed by atoms with Crippen LogP contribution in [0.3, 0.4) is 0 Å². The molecule has 0 aliphatic rings. The lowest BCUT2D eigenvalue weighted by molar-refractivity contribution is 1.22. The van der Waals surface area contributed by atoms with Crippen LogP contribution >= 0.6 is 11.3 Å². The Morgan fingerprint density at radius 3 is 2.92 bits per heavy atom. The Hall–Kier alpha value is -1.40. The molecular formula is C10H8N2S. The van der Waals surface area contributed by atoms with Crippen LogP contribution in [0.15, 0.2) is 11.4 Å². The molecule has 3 heteroatoms. The maximum absolute atomic E-state index is 8.91. The third kappa shape index (κ3) is 1.11. The highest BCUT2D eigenvalue weighted by molar-refractivity contribution is 7.16. The average molecular weight is 188 g/mol. The molecule has 0 atom stereocenters. The third-order valence-corrected chi connectivity index (χ3v) is 2.97. The van der Waals surface area contributed by atoms with Crippen molar-refractivity contribution in [2.75, 3.05) is 0 Å². The summed E-state index contributed by atoms with van der Waals surface area (Å²) >= 11 is 1.61. The number of pyridine rings is 1. The van der Waals surface area contributed by atoms with E-state index in [1.54, 1.807) is 11.3 Å². The molecule has 2 rings (SSSR count). The van der Waals surface area contributed by atoms with Gasteiger partial charge >= 0.3 is 0 Å². The third-order valence-electron chi connectivity index (χ3n) is 2.17. The molecule has 0 bridgehead atoms. The van der Waals surface area contributed by atoms with Gasteiger partial charge in [-0.3, -0.25) is 0 Å². The monoisotopic (exact) mass is 188 g/mol. The molecule has 0 aliphatic heterocycles. The van der Waals surface area contributed by atoms with Gasteiger partial charge in [0.15, 0.2) is 0 Å². The van der Waals surface area contributed by atoms with Crippen molar-refractivity contribution < 1.29 is 0 Å². The molecule has 13 heavy (non-hydrogen) atoms. The molecule has 0 saturated carbocycles. The summed E-state index contributed by atoms with van der Waals surface area (Å²) in [6, 6.07) is 4.20. The number of thiophene rings is 1. The summed E-state index contributed by atoms with van der Waals surface area (Å²) in [7, 11) is 0. The van der Waals surface area contributed by atoms with Crippen LogP contribution in [-0.2, 0) is 0 Å². The van der Waals surface area contributed by atoms with Crippen LogP contribution in [0.1, 0.15) is 16.8 Å². The van der Waals surface area contributed by atoms with Gasteiger partial charge in [0.05, 0.1) is 11.3 Å². The van der Waals surface area contributed by atoms with Gasteiger partial charge in [-0.05, 0) is 30.9 Å². The highest BCUT2D eigenvalue weighted by Gasteiger charge is 2.08. The molecule has 0 amide bonds. The first kappa shape index (κ1) is 8.21. The lowest BCUT2D eigenvalue weighted by Gasteiger charge is -2.01. The smallest absolute Gasteiger partial charge is 0.123 e. The Kier molecular flexibility index (Phi) is 1.78. The Morgan fingerprint density at radius 1 is 1.46 bits per heavy atom. The van der Waals surface area contributed by atoms with E-state index in [0.717, 1.165) is 21.5 Å². The van der Waals surface area contributed by atoms with E-state index in [9.17, 15) is 0 Å². The van der Waals surface area contributed by atoms with Gasteiger partial charge in [-0.25, -0.2) is 4.98 Å². The average Bonchev–Trinajstić information content (AvgIpc) is 2.53. The van der Waals surface area contributed by atoms with Crippen molar-refractivity contribution in [2.45, 2.75) is 13.8 Å². The summed E-state index contributed by atoms with van der Waals surface area (Å²) in [6.07, 6.45) is 0. The molecule has 0 aromatic carbocycles. The SMILES string of the molecule is Cc1nc2sccc2c(C)c1C#N. The fraction of sp³-hybridized carbons (Fsp3) is 0.200. The molecule has 0 aliphatic carbocycles. The summed E-state index contributed by atoms with van der Waals surface area (Å²) in [5, 5.41) is 12.0. The predicted octanol–water partition coefficient (Wildman–Crippen LogP) is 2.78. The maximum Gasteiger partial charge on any atom is 0.123 e. The summed E-state index contributed by atoms with van der Waals surface area (Å²) in [5.74, 6) is 0. The van der Waals surface area contributed by atoms with Gasteiger partial charge in [0.2, 0.25) is 0 Å². The number of hydrogen-bond donors (Lipinski definition) is 0. The van der Waals surface area contributed by atoms with E-state index >= 15 is 0 Å². The minimum absolute atomic E-state index is 0.714. The van der Waals surface area contributed by atoms with Crippen molar-refractivity contribution in [2.24, 2.45) is 0 Å². The van der Waals surface area contributed by atoms with Crippen LogP contribution < -0.4 is 0 Å². The fourth-order valence-corrected chi connectivity index (χ4v) is 2.32. The molecule has 2 heterocycles. The largest absolute Gasteiger partial charge is 0.241 e. The second-order valence-corrected chi connectivity index (χ2v) is 3.84. The summed E-state index contributed by atoms with van der Waals surface area (Å²) in [6.45, 7) is 3.85. The maximum atomic E-state index is 8.91. The van der Waals surface area contributed by atoms with Crippen LogP contribution in [0, 0.1) is 25.2 Å². The molecular weight excluding hydrogens is 180 g/mol. The summed E-state index contributed by atoms with van der Waals surface area (Å²) in [5.41, 5.74) is 2.59. The molecule has 2 nitrogen and oxygen atoms in total. The molecule has 0 fully saturated rings. The topological polar surface area (TPSA) is 36.7 Å². The Morgan fingerprint density at radius 2 is 2.23 bits per heavy atom. The van der Waals surface area contributed by atoms with Gasteiger partial charge in [0, 0.05) is 5.39 Å². The second kappa shape index (κ2) is 2.82. The van der Waals surface area contributed by atoms with E-state index in [2.05, 4.69) is 11.1 Å². The van der Waals surface area contributed by atoms with E-state index in [1.165, 1.54) is 0 Å². The quantitative estimate of drug-likeness (QED) is 0.637. The zero-order valence-electron chi connectivity index (χ0n) is 7.46. The normalized spacial score (nSPS) is 10.2. The molecule has 0 spiro atoms. The second-order valence-electron chi connectivity index (χ2n) is 2.95. The zero-order valence-corrected chi connectivity index (χ0v) is 8.27. The Labute approximate surface area is 80.5 Å². The minimum atomic E-state index is 0.714. The van der Waals surface area contributed by atoms with Gasteiger partial charge < -0.3 is 0 Å². The number of nitrogens with zero attached hydrogens (tertiary/aromatic N) is 2. The van der Waals surface area contributed by atoms with Crippen molar-refractivity contribution in [3.05, 3.63) is 28.3 Å². The van der Waals surface area contributed by atoms with E-state index < -0.39 is 0 Å². The molecule has 0 unspecified atom stereocenters. The first-order valence-corrected chi connectivity index (χ1v) is 4.86. The highest BCUT2D eigenvalue weighted by atomic mass is 32.1. The summed E-state index contributed by atoms with van der Waals surface area (Å²) in [4.78, 5) is 5.39. The standard InChI is InChI=1S/C10H8N2S/c1-6-8-3-4-13-10(8)12-7(2)9(6)5-11/h3-4H,1-2H3. The first-order chi connectivity index (χ1) is 6.24.